The maximum Gasteiger partial charge on any atom is 0.312 e. The van der Waals surface area contributed by atoms with E-state index in [2.05, 4.69) is 13.8 Å². The average molecular weight is 507 g/mol. The van der Waals surface area contributed by atoms with Crippen molar-refractivity contribution in [3.63, 3.8) is 0 Å². The summed E-state index contributed by atoms with van der Waals surface area (Å²) in [6.07, 6.45) is 20.9. The Morgan fingerprint density at radius 3 is 2.03 bits per heavy atom. The van der Waals surface area contributed by atoms with Crippen molar-refractivity contribution in [2.45, 2.75) is 155 Å². The number of carbonyl (C=O) groups is 3. The molecule has 5 nitrogen and oxygen atoms in total. The summed E-state index contributed by atoms with van der Waals surface area (Å²) < 4.78 is 5.58. The van der Waals surface area contributed by atoms with Crippen molar-refractivity contribution in [2.24, 2.45) is 16.7 Å². The number of aliphatic carboxylic acids is 1. The topological polar surface area (TPSA) is 80.7 Å². The Balaban J connectivity index is 1.59. The molecule has 2 fully saturated rings. The first-order chi connectivity index (χ1) is 17.4. The van der Waals surface area contributed by atoms with E-state index in [0.29, 0.717) is 31.1 Å². The summed E-state index contributed by atoms with van der Waals surface area (Å²) in [6.45, 7) is 4.82. The first-order valence-corrected chi connectivity index (χ1v) is 15.3. The zero-order chi connectivity index (χ0) is 26.3. The van der Waals surface area contributed by atoms with Crippen LogP contribution in [-0.2, 0) is 19.1 Å². The summed E-state index contributed by atoms with van der Waals surface area (Å²) in [5, 5.41) is 10.0. The number of carboxylic acids is 1. The van der Waals surface area contributed by atoms with Gasteiger partial charge in [0, 0.05) is 12.8 Å². The van der Waals surface area contributed by atoms with E-state index in [1.54, 1.807) is 0 Å². The highest BCUT2D eigenvalue weighted by atomic mass is 16.5. The van der Waals surface area contributed by atoms with E-state index in [4.69, 9.17) is 4.74 Å². The van der Waals surface area contributed by atoms with E-state index >= 15 is 0 Å². The van der Waals surface area contributed by atoms with Crippen molar-refractivity contribution >= 4 is 17.7 Å². The van der Waals surface area contributed by atoms with Gasteiger partial charge in [0.05, 0.1) is 17.4 Å². The lowest BCUT2D eigenvalue weighted by atomic mass is 9.72. The molecular formula is C31H54O5. The number of rotatable bonds is 20. The quantitative estimate of drug-likeness (QED) is 0.132. The van der Waals surface area contributed by atoms with Crippen molar-refractivity contribution in [1.82, 2.24) is 0 Å². The van der Waals surface area contributed by atoms with Crippen LogP contribution in [0, 0.1) is 16.7 Å². The molecule has 0 aromatic rings. The van der Waals surface area contributed by atoms with Crippen LogP contribution in [0.15, 0.2) is 0 Å². The fourth-order valence-electron chi connectivity index (χ4n) is 6.83. The molecule has 2 unspecified atom stereocenters. The molecule has 36 heavy (non-hydrogen) atoms. The number of ether oxygens (including phenoxy) is 1. The smallest absolute Gasteiger partial charge is 0.312 e. The van der Waals surface area contributed by atoms with Crippen LogP contribution in [0.5, 0.6) is 0 Å². The van der Waals surface area contributed by atoms with Gasteiger partial charge in [0.25, 0.3) is 0 Å². The predicted octanol–water partition coefficient (Wildman–Crippen LogP) is 8.42. The largest absolute Gasteiger partial charge is 0.481 e. The van der Waals surface area contributed by atoms with Gasteiger partial charge in [0.15, 0.2) is 0 Å². The number of Topliss-reactive ketones (excluding diaryl/α,β-unsaturated/α-hetero) is 1. The molecule has 2 saturated carbocycles. The molecule has 2 rings (SSSR count). The third kappa shape index (κ3) is 9.17. The number of ketones is 1. The second-order valence-corrected chi connectivity index (χ2v) is 11.8. The SMILES string of the molecule is CCCCOC(=O)C1(CCCCCC(=O)CCCCCC2(C(=O)O)CCCC2CCCC)CCCC1. The fraction of sp³-hybridized carbons (Fsp3) is 0.903. The molecule has 1 N–H and O–H groups in total. The second-order valence-electron chi connectivity index (χ2n) is 11.8. The van der Waals surface area contributed by atoms with Gasteiger partial charge in [0.1, 0.15) is 5.78 Å². The molecule has 0 heterocycles. The summed E-state index contributed by atoms with van der Waals surface area (Å²) in [7, 11) is 0. The van der Waals surface area contributed by atoms with Crippen LogP contribution in [0.2, 0.25) is 0 Å². The minimum absolute atomic E-state index is 0.0171. The number of carboxylic acid groups (broad SMARTS) is 1. The number of hydrogen-bond donors (Lipinski definition) is 1. The third-order valence-corrected chi connectivity index (χ3v) is 9.20. The van der Waals surface area contributed by atoms with Crippen LogP contribution in [0.4, 0.5) is 0 Å². The maximum atomic E-state index is 12.7. The van der Waals surface area contributed by atoms with Crippen molar-refractivity contribution in [3.8, 4) is 0 Å². The third-order valence-electron chi connectivity index (χ3n) is 9.20. The normalized spacial score (nSPS) is 23.1. The maximum absolute atomic E-state index is 12.7. The Hall–Kier alpha value is -1.39. The van der Waals surface area contributed by atoms with E-state index in [-0.39, 0.29) is 11.4 Å². The lowest BCUT2D eigenvalue weighted by Crippen LogP contribution is -2.34. The summed E-state index contributed by atoms with van der Waals surface area (Å²) >= 11 is 0. The Morgan fingerprint density at radius 2 is 1.42 bits per heavy atom. The van der Waals surface area contributed by atoms with Crippen LogP contribution in [0.25, 0.3) is 0 Å². The molecule has 0 spiro atoms. The van der Waals surface area contributed by atoms with Gasteiger partial charge in [-0.2, -0.15) is 0 Å². The Morgan fingerprint density at radius 1 is 0.778 bits per heavy atom. The highest BCUT2D eigenvalue weighted by molar-refractivity contribution is 5.78. The van der Waals surface area contributed by atoms with E-state index in [0.717, 1.165) is 128 Å². The van der Waals surface area contributed by atoms with E-state index in [1.807, 2.05) is 0 Å². The average Bonchev–Trinajstić information content (AvgIpc) is 3.51. The molecule has 5 heteroatoms. The summed E-state index contributed by atoms with van der Waals surface area (Å²) in [5.74, 6) is 0.0895. The van der Waals surface area contributed by atoms with Gasteiger partial charge in [-0.05, 0) is 70.1 Å². The van der Waals surface area contributed by atoms with Crippen molar-refractivity contribution in [1.29, 1.82) is 0 Å². The van der Waals surface area contributed by atoms with Gasteiger partial charge < -0.3 is 9.84 Å². The number of hydrogen-bond acceptors (Lipinski definition) is 4. The second kappa shape index (κ2) is 16.5. The minimum Gasteiger partial charge on any atom is -0.481 e. The number of esters is 1. The predicted molar refractivity (Wildman–Crippen MR) is 145 cm³/mol. The lowest BCUT2D eigenvalue weighted by molar-refractivity contribution is -0.156. The molecule has 0 aliphatic heterocycles. The zero-order valence-electron chi connectivity index (χ0n) is 23.4. The molecule has 2 atom stereocenters. The Bertz CT molecular complexity index is 666. The van der Waals surface area contributed by atoms with Gasteiger partial charge in [-0.25, -0.2) is 0 Å². The molecule has 208 valence electrons. The molecule has 2 aliphatic carbocycles. The first kappa shape index (κ1) is 30.8. The monoisotopic (exact) mass is 506 g/mol. The molecule has 0 aromatic carbocycles. The Labute approximate surface area is 220 Å². The van der Waals surface area contributed by atoms with Gasteiger partial charge in [-0.1, -0.05) is 78.1 Å². The van der Waals surface area contributed by atoms with Crippen LogP contribution < -0.4 is 0 Å². The standard InChI is InChI=1S/C31H54O5/c1-3-5-16-26-17-15-24-31(26,28(33)34)23-12-8-10-19-27(32)18-9-7-11-20-30(21-13-14-22-30)29(35)36-25-6-4-2/h26H,3-25H2,1-2H3,(H,33,34). The molecule has 0 saturated heterocycles. The van der Waals surface area contributed by atoms with Crippen LogP contribution in [0.3, 0.4) is 0 Å². The van der Waals surface area contributed by atoms with E-state index < -0.39 is 11.4 Å². The van der Waals surface area contributed by atoms with Gasteiger partial charge in [-0.3, -0.25) is 14.4 Å². The first-order valence-electron chi connectivity index (χ1n) is 15.3. The molecule has 0 amide bonds. The fourth-order valence-corrected chi connectivity index (χ4v) is 6.83. The molecular weight excluding hydrogens is 452 g/mol. The summed E-state index contributed by atoms with van der Waals surface area (Å²) in [5.41, 5.74) is -0.780. The highest BCUT2D eigenvalue weighted by Crippen LogP contribution is 2.49. The zero-order valence-corrected chi connectivity index (χ0v) is 23.4. The van der Waals surface area contributed by atoms with Gasteiger partial charge in [0.2, 0.25) is 0 Å². The van der Waals surface area contributed by atoms with Gasteiger partial charge in [-0.15, -0.1) is 0 Å². The lowest BCUT2D eigenvalue weighted by Gasteiger charge is -2.31. The van der Waals surface area contributed by atoms with E-state index in [9.17, 15) is 19.5 Å². The van der Waals surface area contributed by atoms with Crippen LogP contribution >= 0.6 is 0 Å². The minimum atomic E-state index is -0.592. The van der Waals surface area contributed by atoms with E-state index in [1.165, 1.54) is 0 Å². The van der Waals surface area contributed by atoms with Crippen molar-refractivity contribution in [3.05, 3.63) is 0 Å². The molecule has 0 radical (unpaired) electrons. The summed E-state index contributed by atoms with van der Waals surface area (Å²) in [4.78, 5) is 37.2. The summed E-state index contributed by atoms with van der Waals surface area (Å²) in [6, 6.07) is 0. The van der Waals surface area contributed by atoms with Gasteiger partial charge >= 0.3 is 11.9 Å². The van der Waals surface area contributed by atoms with Crippen molar-refractivity contribution in [2.75, 3.05) is 6.61 Å². The van der Waals surface area contributed by atoms with Crippen LogP contribution in [0.1, 0.15) is 155 Å². The van der Waals surface area contributed by atoms with Crippen molar-refractivity contribution < 1.29 is 24.2 Å². The Kier molecular flexibility index (Phi) is 14.1. The molecule has 0 bridgehead atoms. The molecule has 2 aliphatic rings. The molecule has 0 aromatic heterocycles. The van der Waals surface area contributed by atoms with Crippen LogP contribution in [-0.4, -0.2) is 29.4 Å². The number of carbonyl (C=O) groups excluding carboxylic acids is 2. The number of unbranched alkanes of at least 4 members (excludes halogenated alkanes) is 6. The highest BCUT2D eigenvalue weighted by Gasteiger charge is 2.47.